The molecule has 0 saturated carbocycles. The summed E-state index contributed by atoms with van der Waals surface area (Å²) in [4.78, 5) is 11.4. The van der Waals surface area contributed by atoms with Gasteiger partial charge in [-0.2, -0.15) is 0 Å². The maximum absolute atomic E-state index is 13.3. The number of rotatable bonds is 4. The highest BCUT2D eigenvalue weighted by molar-refractivity contribution is 9.10. The molecule has 20 heavy (non-hydrogen) atoms. The van der Waals surface area contributed by atoms with Crippen molar-refractivity contribution in [2.45, 2.75) is 12.8 Å². The zero-order chi connectivity index (χ0) is 14.9. The summed E-state index contributed by atoms with van der Waals surface area (Å²) in [7, 11) is -3.13. The highest BCUT2D eigenvalue weighted by Crippen LogP contribution is 2.29. The number of carbonyl (C=O) groups is 1. The molecule has 1 heterocycles. The summed E-state index contributed by atoms with van der Waals surface area (Å²) in [5.74, 6) is -2.75. The minimum Gasteiger partial charge on any atom is -0.481 e. The van der Waals surface area contributed by atoms with Crippen molar-refractivity contribution in [3.8, 4) is 0 Å². The molecule has 1 aliphatic heterocycles. The van der Waals surface area contributed by atoms with Crippen LogP contribution in [0, 0.1) is 17.7 Å². The summed E-state index contributed by atoms with van der Waals surface area (Å²) in [5.41, 5.74) is 0.550. The number of benzene rings is 1. The third kappa shape index (κ3) is 3.79. The fourth-order valence-electron chi connectivity index (χ4n) is 2.58. The average Bonchev–Trinajstić information content (AvgIpc) is 2.64. The van der Waals surface area contributed by atoms with Crippen LogP contribution in [0.3, 0.4) is 0 Å². The van der Waals surface area contributed by atoms with E-state index in [1.165, 1.54) is 12.1 Å². The Bertz CT molecular complexity index is 609. The molecule has 1 aromatic rings. The van der Waals surface area contributed by atoms with E-state index in [2.05, 4.69) is 15.9 Å². The molecule has 0 amide bonds. The third-order valence-electron chi connectivity index (χ3n) is 3.53. The van der Waals surface area contributed by atoms with E-state index in [9.17, 15) is 22.7 Å². The Labute approximate surface area is 125 Å². The number of halogens is 2. The summed E-state index contributed by atoms with van der Waals surface area (Å²) in [5, 5.41) is 9.30. The van der Waals surface area contributed by atoms with E-state index in [1.807, 2.05) is 0 Å². The van der Waals surface area contributed by atoms with Crippen LogP contribution in [0.4, 0.5) is 4.39 Å². The van der Waals surface area contributed by atoms with Gasteiger partial charge < -0.3 is 5.11 Å². The van der Waals surface area contributed by atoms with Crippen LogP contribution in [0.1, 0.15) is 12.0 Å². The Hall–Kier alpha value is -0.950. The average molecular weight is 365 g/mol. The zero-order valence-corrected chi connectivity index (χ0v) is 13.0. The molecule has 1 saturated heterocycles. The molecule has 1 fully saturated rings. The van der Waals surface area contributed by atoms with Crippen molar-refractivity contribution in [2.75, 3.05) is 11.5 Å². The van der Waals surface area contributed by atoms with Gasteiger partial charge in [0.25, 0.3) is 0 Å². The molecule has 2 atom stereocenters. The molecule has 2 rings (SSSR count). The molecule has 0 aromatic heterocycles. The molecule has 110 valence electrons. The fourth-order valence-corrected chi connectivity index (χ4v) is 4.97. The third-order valence-corrected chi connectivity index (χ3v) is 5.78. The minimum atomic E-state index is -3.13. The van der Waals surface area contributed by atoms with Crippen molar-refractivity contribution < 1.29 is 22.7 Å². The predicted octanol–water partition coefficient (Wildman–Crippen LogP) is 2.27. The number of hydrogen-bond acceptors (Lipinski definition) is 3. The monoisotopic (exact) mass is 364 g/mol. The molecule has 0 radical (unpaired) electrons. The van der Waals surface area contributed by atoms with Crippen molar-refractivity contribution in [2.24, 2.45) is 11.8 Å². The highest BCUT2D eigenvalue weighted by Gasteiger charge is 2.37. The van der Waals surface area contributed by atoms with Gasteiger partial charge >= 0.3 is 5.97 Å². The van der Waals surface area contributed by atoms with Crippen LogP contribution in [-0.4, -0.2) is 31.0 Å². The predicted molar refractivity (Wildman–Crippen MR) is 75.7 cm³/mol. The summed E-state index contributed by atoms with van der Waals surface area (Å²) in [6.07, 6.45) is 0.488. The maximum atomic E-state index is 13.3. The summed E-state index contributed by atoms with van der Waals surface area (Å²) in [6.45, 7) is 0. The Morgan fingerprint density at radius 2 is 2.15 bits per heavy atom. The van der Waals surface area contributed by atoms with Gasteiger partial charge in [0.05, 0.1) is 17.4 Å². The Morgan fingerprint density at radius 3 is 2.65 bits per heavy atom. The summed E-state index contributed by atoms with van der Waals surface area (Å²) < 4.78 is 36.8. The van der Waals surface area contributed by atoms with E-state index in [0.717, 1.165) is 0 Å². The molecule has 7 heteroatoms. The Morgan fingerprint density at radius 1 is 1.45 bits per heavy atom. The second-order valence-corrected chi connectivity index (χ2v) is 8.23. The van der Waals surface area contributed by atoms with Crippen LogP contribution >= 0.6 is 15.9 Å². The Balaban J connectivity index is 2.20. The van der Waals surface area contributed by atoms with Gasteiger partial charge in [-0.05, 0) is 42.5 Å². The molecule has 0 bridgehead atoms. The fraction of sp³-hybridized carbons (Fsp3) is 0.462. The van der Waals surface area contributed by atoms with Gasteiger partial charge in [-0.15, -0.1) is 0 Å². The van der Waals surface area contributed by atoms with E-state index < -0.39 is 33.5 Å². The van der Waals surface area contributed by atoms with Crippen LogP contribution in [-0.2, 0) is 21.1 Å². The van der Waals surface area contributed by atoms with Gasteiger partial charge in [0, 0.05) is 4.47 Å². The molecule has 0 aliphatic carbocycles. The van der Waals surface area contributed by atoms with Gasteiger partial charge in [0.2, 0.25) is 0 Å². The second-order valence-electron chi connectivity index (χ2n) is 5.09. The molecule has 1 aliphatic rings. The normalized spacial score (nSPS) is 22.6. The first kappa shape index (κ1) is 15.4. The van der Waals surface area contributed by atoms with E-state index >= 15 is 0 Å². The van der Waals surface area contributed by atoms with Gasteiger partial charge in [-0.1, -0.05) is 15.9 Å². The van der Waals surface area contributed by atoms with Gasteiger partial charge in [0.1, 0.15) is 5.82 Å². The zero-order valence-electron chi connectivity index (χ0n) is 10.6. The maximum Gasteiger partial charge on any atom is 0.307 e. The van der Waals surface area contributed by atoms with E-state index in [1.54, 1.807) is 6.07 Å². The standard InChI is InChI=1S/C13H14BrFO4S/c14-10-3-8(4-11(15)6-10)5-12(13(16)17)9-1-2-20(18,19)7-9/h3-4,6,9,12H,1-2,5,7H2,(H,16,17). The van der Waals surface area contributed by atoms with Crippen molar-refractivity contribution in [1.29, 1.82) is 0 Å². The van der Waals surface area contributed by atoms with Crippen LogP contribution < -0.4 is 0 Å². The molecule has 1 N–H and O–H groups in total. The number of hydrogen-bond donors (Lipinski definition) is 1. The largest absolute Gasteiger partial charge is 0.481 e. The topological polar surface area (TPSA) is 71.4 Å². The quantitative estimate of drug-likeness (QED) is 0.889. The molecular weight excluding hydrogens is 351 g/mol. The molecule has 1 aromatic carbocycles. The molecule has 0 spiro atoms. The van der Waals surface area contributed by atoms with Crippen molar-refractivity contribution in [3.05, 3.63) is 34.1 Å². The first-order valence-corrected chi connectivity index (χ1v) is 8.76. The molecule has 4 nitrogen and oxygen atoms in total. The summed E-state index contributed by atoms with van der Waals surface area (Å²) >= 11 is 3.16. The number of aliphatic carboxylic acids is 1. The lowest BCUT2D eigenvalue weighted by Gasteiger charge is -2.18. The van der Waals surface area contributed by atoms with Crippen LogP contribution in [0.25, 0.3) is 0 Å². The van der Waals surface area contributed by atoms with Crippen molar-refractivity contribution in [3.63, 3.8) is 0 Å². The van der Waals surface area contributed by atoms with Crippen LogP contribution in [0.5, 0.6) is 0 Å². The van der Waals surface area contributed by atoms with E-state index in [4.69, 9.17) is 0 Å². The van der Waals surface area contributed by atoms with Crippen molar-refractivity contribution in [1.82, 2.24) is 0 Å². The van der Waals surface area contributed by atoms with Crippen molar-refractivity contribution >= 4 is 31.7 Å². The number of sulfone groups is 1. The number of carboxylic acid groups (broad SMARTS) is 1. The van der Waals surface area contributed by atoms with E-state index in [0.29, 0.717) is 16.5 Å². The lowest BCUT2D eigenvalue weighted by Crippen LogP contribution is -2.26. The minimum absolute atomic E-state index is 0.0360. The van der Waals surface area contributed by atoms with E-state index in [-0.39, 0.29) is 17.9 Å². The second kappa shape index (κ2) is 5.81. The summed E-state index contributed by atoms with van der Waals surface area (Å²) in [6, 6.07) is 4.23. The van der Waals surface area contributed by atoms with Crippen LogP contribution in [0.15, 0.2) is 22.7 Å². The first-order valence-electron chi connectivity index (χ1n) is 6.15. The Kier molecular flexibility index (Phi) is 4.49. The molecule has 2 unspecified atom stereocenters. The first-order chi connectivity index (χ1) is 9.27. The van der Waals surface area contributed by atoms with Gasteiger partial charge in [0.15, 0.2) is 9.84 Å². The lowest BCUT2D eigenvalue weighted by atomic mass is 9.86. The van der Waals surface area contributed by atoms with Gasteiger partial charge in [-0.3, -0.25) is 4.79 Å². The van der Waals surface area contributed by atoms with Crippen LogP contribution in [0.2, 0.25) is 0 Å². The highest BCUT2D eigenvalue weighted by atomic mass is 79.9. The lowest BCUT2D eigenvalue weighted by molar-refractivity contribution is -0.143. The number of carboxylic acids is 1. The molecular formula is C13H14BrFO4S. The SMILES string of the molecule is O=C(O)C(Cc1cc(F)cc(Br)c1)C1CCS(=O)(=O)C1. The smallest absolute Gasteiger partial charge is 0.307 e. The van der Waals surface area contributed by atoms with Gasteiger partial charge in [-0.25, -0.2) is 12.8 Å².